The Balaban J connectivity index is 1.99. The van der Waals surface area contributed by atoms with Gasteiger partial charge in [-0.25, -0.2) is 0 Å². The Hall–Kier alpha value is -3.71. The Morgan fingerprint density at radius 3 is 2.21 bits per heavy atom. The van der Waals surface area contributed by atoms with Gasteiger partial charge in [-0.15, -0.1) is 0 Å². The lowest BCUT2D eigenvalue weighted by Crippen LogP contribution is -2.26. The first-order valence-electron chi connectivity index (χ1n) is 8.69. The molecule has 0 bridgehead atoms. The van der Waals surface area contributed by atoms with E-state index in [9.17, 15) is 9.90 Å². The lowest BCUT2D eigenvalue weighted by atomic mass is 9.97. The number of rotatable bonds is 6. The molecule has 0 unspecified atom stereocenters. The van der Waals surface area contributed by atoms with Crippen LogP contribution in [0, 0.1) is 0 Å². The van der Waals surface area contributed by atoms with Crippen molar-refractivity contribution in [1.29, 1.82) is 0 Å². The van der Waals surface area contributed by atoms with Gasteiger partial charge in [-0.05, 0) is 66.8 Å². The molecule has 0 spiro atoms. The van der Waals surface area contributed by atoms with Crippen LogP contribution in [0.3, 0.4) is 0 Å². The lowest BCUT2D eigenvalue weighted by Gasteiger charge is -2.10. The van der Waals surface area contributed by atoms with Crippen LogP contribution in [0.4, 0.5) is 0 Å². The molecule has 0 heterocycles. The molecule has 0 radical (unpaired) electrons. The topological polar surface area (TPSA) is 96.9 Å². The molecule has 146 valence electrons. The monoisotopic (exact) mass is 405 g/mol. The number of nitrogens with zero attached hydrogens (tertiary/aromatic N) is 1. The van der Waals surface area contributed by atoms with Crippen molar-refractivity contribution in [3.63, 3.8) is 0 Å². The summed E-state index contributed by atoms with van der Waals surface area (Å²) in [4.78, 5) is 12.9. The molecular weight excluding hydrogens is 386 g/mol. The van der Waals surface area contributed by atoms with Crippen molar-refractivity contribution in [3.05, 3.63) is 95.1 Å². The van der Waals surface area contributed by atoms with Gasteiger partial charge in [0.15, 0.2) is 10.9 Å². The number of benzene rings is 3. The van der Waals surface area contributed by atoms with Gasteiger partial charge in [-0.3, -0.25) is 10.2 Å². The number of ether oxygens (including phenoxy) is 1. The molecule has 0 amide bonds. The van der Waals surface area contributed by atoms with Gasteiger partial charge in [-0.2, -0.15) is 5.10 Å². The zero-order valence-electron chi connectivity index (χ0n) is 15.6. The number of aromatic hydroxyl groups is 1. The van der Waals surface area contributed by atoms with E-state index < -0.39 is 0 Å². The minimum absolute atomic E-state index is 0.0201. The number of hydrazone groups is 1. The van der Waals surface area contributed by atoms with Crippen LogP contribution < -0.4 is 15.9 Å². The third-order valence-electron chi connectivity index (χ3n) is 4.17. The Morgan fingerprint density at radius 1 is 0.966 bits per heavy atom. The predicted molar refractivity (Wildman–Crippen MR) is 117 cm³/mol. The summed E-state index contributed by atoms with van der Waals surface area (Å²) in [5, 5.41) is 13.9. The van der Waals surface area contributed by atoms with Crippen LogP contribution in [0.15, 0.2) is 77.9 Å². The maximum Gasteiger partial charge on any atom is 0.193 e. The van der Waals surface area contributed by atoms with Gasteiger partial charge in [0.25, 0.3) is 0 Å². The average molecular weight is 405 g/mol. The van der Waals surface area contributed by atoms with E-state index in [-0.39, 0.29) is 16.6 Å². The van der Waals surface area contributed by atoms with Crippen molar-refractivity contribution in [2.45, 2.75) is 0 Å². The molecule has 4 N–H and O–H groups in total. The van der Waals surface area contributed by atoms with E-state index in [0.717, 1.165) is 5.56 Å². The number of hydrogen-bond donors (Lipinski definition) is 3. The highest BCUT2D eigenvalue weighted by molar-refractivity contribution is 7.80. The predicted octanol–water partition coefficient (Wildman–Crippen LogP) is 3.22. The maximum atomic E-state index is 12.9. The van der Waals surface area contributed by atoms with Gasteiger partial charge in [0, 0.05) is 22.3 Å². The molecule has 6 nitrogen and oxygen atoms in total. The minimum Gasteiger partial charge on any atom is -0.508 e. The molecular formula is C22H19N3O3S. The van der Waals surface area contributed by atoms with E-state index in [4.69, 9.17) is 22.7 Å². The maximum absolute atomic E-state index is 12.9. The van der Waals surface area contributed by atoms with Crippen molar-refractivity contribution < 1.29 is 14.6 Å². The van der Waals surface area contributed by atoms with E-state index in [1.807, 2.05) is 6.07 Å². The van der Waals surface area contributed by atoms with Gasteiger partial charge in [0.2, 0.25) is 0 Å². The smallest absolute Gasteiger partial charge is 0.193 e. The zero-order valence-corrected chi connectivity index (χ0v) is 16.4. The number of nitrogens with one attached hydrogen (secondary N) is 1. The molecule has 0 saturated heterocycles. The SMILES string of the molecule is COc1ccc(C(=O)c2cccc(/C(=N\NC(N)=S)c3ccc(O)cc3)c2)cc1. The van der Waals surface area contributed by atoms with Gasteiger partial charge < -0.3 is 15.6 Å². The van der Waals surface area contributed by atoms with Crippen molar-refractivity contribution in [2.24, 2.45) is 10.8 Å². The van der Waals surface area contributed by atoms with E-state index in [2.05, 4.69) is 10.5 Å². The molecule has 0 aromatic heterocycles. The molecule has 3 aromatic rings. The molecule has 0 aliphatic carbocycles. The number of thiocarbonyl (C=S) groups is 1. The van der Waals surface area contributed by atoms with E-state index in [1.165, 1.54) is 0 Å². The fourth-order valence-electron chi connectivity index (χ4n) is 2.74. The molecule has 7 heteroatoms. The summed E-state index contributed by atoms with van der Waals surface area (Å²) in [6, 6.07) is 20.6. The highest BCUT2D eigenvalue weighted by atomic mass is 32.1. The quantitative estimate of drug-likeness (QED) is 0.252. The first kappa shape index (κ1) is 20.0. The summed E-state index contributed by atoms with van der Waals surface area (Å²) < 4.78 is 5.14. The Labute approximate surface area is 173 Å². The first-order valence-corrected chi connectivity index (χ1v) is 9.10. The number of phenolic OH excluding ortho intramolecular Hbond substituents is 1. The Kier molecular flexibility index (Phi) is 6.21. The van der Waals surface area contributed by atoms with Crippen LogP contribution >= 0.6 is 12.2 Å². The highest BCUT2D eigenvalue weighted by Gasteiger charge is 2.13. The summed E-state index contributed by atoms with van der Waals surface area (Å²) in [6.45, 7) is 0. The van der Waals surface area contributed by atoms with Gasteiger partial charge in [0.1, 0.15) is 11.5 Å². The van der Waals surface area contributed by atoms with E-state index in [1.54, 1.807) is 73.8 Å². The summed E-state index contributed by atoms with van der Waals surface area (Å²) in [6.07, 6.45) is 0. The number of carbonyl (C=O) groups excluding carboxylic acids is 1. The van der Waals surface area contributed by atoms with Crippen LogP contribution in [0.2, 0.25) is 0 Å². The zero-order chi connectivity index (χ0) is 20.8. The number of methoxy groups -OCH3 is 1. The number of hydrogen-bond acceptors (Lipinski definition) is 5. The third-order valence-corrected chi connectivity index (χ3v) is 4.26. The molecule has 0 fully saturated rings. The number of nitrogens with two attached hydrogens (primary N) is 1. The van der Waals surface area contributed by atoms with Gasteiger partial charge >= 0.3 is 0 Å². The molecule has 29 heavy (non-hydrogen) atoms. The molecule has 0 atom stereocenters. The number of phenols is 1. The lowest BCUT2D eigenvalue weighted by molar-refractivity contribution is 0.103. The van der Waals surface area contributed by atoms with Crippen LogP contribution in [0.25, 0.3) is 0 Å². The molecule has 0 aliphatic rings. The average Bonchev–Trinajstić information content (AvgIpc) is 2.74. The van der Waals surface area contributed by atoms with Crippen molar-refractivity contribution in [2.75, 3.05) is 7.11 Å². The second-order valence-electron chi connectivity index (χ2n) is 6.12. The Morgan fingerprint density at radius 2 is 1.59 bits per heavy atom. The van der Waals surface area contributed by atoms with Crippen LogP contribution in [-0.2, 0) is 0 Å². The summed E-state index contributed by atoms with van der Waals surface area (Å²) >= 11 is 4.84. The summed E-state index contributed by atoms with van der Waals surface area (Å²) in [5.41, 5.74) is 11.1. The minimum atomic E-state index is -0.123. The van der Waals surface area contributed by atoms with E-state index >= 15 is 0 Å². The van der Waals surface area contributed by atoms with Gasteiger partial charge in [0.05, 0.1) is 12.8 Å². The molecule has 3 aromatic carbocycles. The van der Waals surface area contributed by atoms with Crippen LogP contribution in [-0.4, -0.2) is 28.8 Å². The second kappa shape index (κ2) is 8.99. The fraction of sp³-hybridized carbons (Fsp3) is 0.0455. The second-order valence-corrected chi connectivity index (χ2v) is 6.56. The summed E-state index contributed by atoms with van der Waals surface area (Å²) in [7, 11) is 1.57. The van der Waals surface area contributed by atoms with E-state index in [0.29, 0.717) is 28.2 Å². The van der Waals surface area contributed by atoms with Crippen LogP contribution in [0.1, 0.15) is 27.0 Å². The van der Waals surface area contributed by atoms with Gasteiger partial charge in [-0.1, -0.05) is 18.2 Å². The van der Waals surface area contributed by atoms with Crippen molar-refractivity contribution >= 4 is 28.8 Å². The Bertz CT molecular complexity index is 1060. The van der Waals surface area contributed by atoms with Crippen molar-refractivity contribution in [3.8, 4) is 11.5 Å². The standard InChI is InChI=1S/C22H19N3O3S/c1-28-19-11-7-15(8-12-19)21(27)17-4-2-3-16(13-17)20(24-25-22(23)29)14-5-9-18(26)10-6-14/h2-13,26H,1H3,(H3,23,25,29)/b24-20-. The molecule has 3 rings (SSSR count). The highest BCUT2D eigenvalue weighted by Crippen LogP contribution is 2.19. The fourth-order valence-corrected chi connectivity index (χ4v) is 2.79. The number of ketones is 1. The third kappa shape index (κ3) is 4.97. The first-order chi connectivity index (χ1) is 14.0. The normalized spacial score (nSPS) is 11.0. The summed E-state index contributed by atoms with van der Waals surface area (Å²) in [5.74, 6) is 0.696. The van der Waals surface area contributed by atoms with Crippen molar-refractivity contribution in [1.82, 2.24) is 5.43 Å². The molecule has 0 aliphatic heterocycles. The number of carbonyl (C=O) groups is 1. The molecule has 0 saturated carbocycles. The largest absolute Gasteiger partial charge is 0.508 e. The van der Waals surface area contributed by atoms with Crippen LogP contribution in [0.5, 0.6) is 11.5 Å².